The van der Waals surface area contributed by atoms with Gasteiger partial charge in [-0.05, 0) is 25.1 Å². The number of rotatable bonds is 7. The van der Waals surface area contributed by atoms with Crippen LogP contribution in [0.1, 0.15) is 5.69 Å². The van der Waals surface area contributed by atoms with Crippen molar-refractivity contribution in [2.45, 2.75) is 12.1 Å². The Morgan fingerprint density at radius 2 is 2.09 bits per heavy atom. The Morgan fingerprint density at radius 1 is 1.28 bits per heavy atom. The van der Waals surface area contributed by atoms with E-state index in [2.05, 4.69) is 15.3 Å². The van der Waals surface area contributed by atoms with Gasteiger partial charge in [-0.15, -0.1) is 11.3 Å². The summed E-state index contributed by atoms with van der Waals surface area (Å²) in [6.45, 7) is 1.86. The van der Waals surface area contributed by atoms with E-state index in [9.17, 15) is 14.9 Å². The molecule has 0 bridgehead atoms. The van der Waals surface area contributed by atoms with Crippen LogP contribution in [0.4, 0.5) is 10.8 Å². The van der Waals surface area contributed by atoms with Gasteiger partial charge in [-0.25, -0.2) is 9.97 Å². The Kier molecular flexibility index (Phi) is 6.54. The summed E-state index contributed by atoms with van der Waals surface area (Å²) in [6.07, 6.45) is 1.63. The van der Waals surface area contributed by atoms with Gasteiger partial charge in [0.05, 0.1) is 28.3 Å². The van der Waals surface area contributed by atoms with Crippen molar-refractivity contribution in [1.29, 1.82) is 0 Å². The second-order valence-corrected chi connectivity index (χ2v) is 8.92. The van der Waals surface area contributed by atoms with Crippen LogP contribution < -0.4 is 5.32 Å². The number of amides is 1. The van der Waals surface area contributed by atoms with Crippen LogP contribution in [-0.4, -0.2) is 31.1 Å². The van der Waals surface area contributed by atoms with Gasteiger partial charge in [-0.2, -0.15) is 0 Å². The summed E-state index contributed by atoms with van der Waals surface area (Å²) in [5.74, 6) is -0.0909. The molecule has 11 heteroatoms. The third-order valence-corrected chi connectivity index (χ3v) is 6.41. The maximum atomic E-state index is 12.4. The lowest BCUT2D eigenvalue weighted by molar-refractivity contribution is -0.384. The Labute approximate surface area is 196 Å². The number of benzene rings is 2. The van der Waals surface area contributed by atoms with Crippen LogP contribution in [0.5, 0.6) is 0 Å². The molecule has 0 aliphatic rings. The molecule has 1 N–H and O–H groups in total. The SMILES string of the molecule is Cc1csc(NC(=O)CSc2ncc(-c3cccc([N+](=O)[O-])c3)n2-c2cccc(Cl)c2)n1. The van der Waals surface area contributed by atoms with Gasteiger partial charge in [0.1, 0.15) is 0 Å². The van der Waals surface area contributed by atoms with Gasteiger partial charge in [0.2, 0.25) is 5.91 Å². The van der Waals surface area contributed by atoms with Crippen LogP contribution >= 0.6 is 34.7 Å². The van der Waals surface area contributed by atoms with Gasteiger partial charge < -0.3 is 5.32 Å². The minimum Gasteiger partial charge on any atom is -0.301 e. The monoisotopic (exact) mass is 485 g/mol. The summed E-state index contributed by atoms with van der Waals surface area (Å²) in [5.41, 5.74) is 2.83. The molecule has 4 aromatic rings. The minimum absolute atomic E-state index is 0.0198. The third-order valence-electron chi connectivity index (χ3n) is 4.35. The van der Waals surface area contributed by atoms with Crippen LogP contribution in [0.25, 0.3) is 16.9 Å². The van der Waals surface area contributed by atoms with Gasteiger partial charge in [-0.3, -0.25) is 19.5 Å². The number of nitrogens with zero attached hydrogens (tertiary/aromatic N) is 4. The number of thiazole rings is 1. The van der Waals surface area contributed by atoms with Crippen molar-refractivity contribution in [2.24, 2.45) is 0 Å². The summed E-state index contributed by atoms with van der Waals surface area (Å²) in [7, 11) is 0. The van der Waals surface area contributed by atoms with Crippen molar-refractivity contribution >= 4 is 51.4 Å². The lowest BCUT2D eigenvalue weighted by Crippen LogP contribution is -2.14. The number of anilines is 1. The number of nitro benzene ring substituents is 1. The standard InChI is InChI=1S/C21H16ClN5O3S2/c1-13-11-31-20(24-13)25-19(28)12-32-21-23-10-18(14-4-2-7-17(8-14)27(29)30)26(21)16-6-3-5-15(22)9-16/h2-11H,12H2,1H3,(H,24,25,28). The van der Waals surface area contributed by atoms with E-state index in [1.54, 1.807) is 36.5 Å². The van der Waals surface area contributed by atoms with Crippen molar-refractivity contribution in [3.63, 3.8) is 0 Å². The van der Waals surface area contributed by atoms with Crippen LogP contribution in [0.2, 0.25) is 5.02 Å². The molecule has 4 rings (SSSR count). The van der Waals surface area contributed by atoms with E-state index in [1.807, 2.05) is 22.9 Å². The number of aryl methyl sites for hydroxylation is 1. The molecule has 0 spiro atoms. The number of aromatic nitrogens is 3. The first kappa shape index (κ1) is 22.0. The van der Waals surface area contributed by atoms with E-state index in [4.69, 9.17) is 11.6 Å². The quantitative estimate of drug-likeness (QED) is 0.208. The zero-order chi connectivity index (χ0) is 22.7. The molecule has 1 amide bonds. The molecule has 32 heavy (non-hydrogen) atoms. The number of imidazole rings is 1. The third kappa shape index (κ3) is 4.98. The zero-order valence-corrected chi connectivity index (χ0v) is 19.1. The molecule has 0 radical (unpaired) electrons. The van der Waals surface area contributed by atoms with Crippen molar-refractivity contribution in [2.75, 3.05) is 11.1 Å². The van der Waals surface area contributed by atoms with E-state index < -0.39 is 4.92 Å². The zero-order valence-electron chi connectivity index (χ0n) is 16.7. The Hall–Kier alpha value is -3.21. The summed E-state index contributed by atoms with van der Waals surface area (Å²) in [4.78, 5) is 31.9. The smallest absolute Gasteiger partial charge is 0.270 e. The average molecular weight is 486 g/mol. The van der Waals surface area contributed by atoms with Gasteiger partial charge in [-0.1, -0.05) is 41.6 Å². The summed E-state index contributed by atoms with van der Waals surface area (Å²) in [6, 6.07) is 13.5. The first-order valence-corrected chi connectivity index (χ1v) is 11.6. The lowest BCUT2D eigenvalue weighted by Gasteiger charge is -2.12. The number of hydrogen-bond acceptors (Lipinski definition) is 7. The second-order valence-electron chi connectivity index (χ2n) is 6.68. The Morgan fingerprint density at radius 3 is 2.81 bits per heavy atom. The second kappa shape index (κ2) is 9.51. The van der Waals surface area contributed by atoms with Crippen LogP contribution in [0.3, 0.4) is 0 Å². The summed E-state index contributed by atoms with van der Waals surface area (Å²) in [5, 5.41) is 17.5. The molecule has 0 atom stereocenters. The Balaban J connectivity index is 1.66. The topological polar surface area (TPSA) is 103 Å². The van der Waals surface area contributed by atoms with E-state index in [-0.39, 0.29) is 17.3 Å². The Bertz CT molecular complexity index is 1300. The molecular weight excluding hydrogens is 470 g/mol. The number of halogens is 1. The molecule has 0 unspecified atom stereocenters. The average Bonchev–Trinajstić information content (AvgIpc) is 3.38. The predicted octanol–water partition coefficient (Wildman–Crippen LogP) is 5.60. The van der Waals surface area contributed by atoms with E-state index in [0.717, 1.165) is 11.4 Å². The first-order valence-electron chi connectivity index (χ1n) is 9.34. The minimum atomic E-state index is -0.441. The van der Waals surface area contributed by atoms with Crippen molar-refractivity contribution in [1.82, 2.24) is 14.5 Å². The number of nitro groups is 1. The molecule has 2 aromatic carbocycles. The maximum Gasteiger partial charge on any atom is 0.270 e. The fraction of sp³-hybridized carbons (Fsp3) is 0.0952. The fourth-order valence-corrected chi connectivity index (χ4v) is 4.66. The molecule has 2 heterocycles. The largest absolute Gasteiger partial charge is 0.301 e. The normalized spacial score (nSPS) is 10.8. The van der Waals surface area contributed by atoms with E-state index in [0.29, 0.717) is 26.6 Å². The molecule has 0 saturated carbocycles. The number of carbonyl (C=O) groups excluding carboxylic acids is 1. The fourth-order valence-electron chi connectivity index (χ4n) is 2.98. The van der Waals surface area contributed by atoms with E-state index >= 15 is 0 Å². The van der Waals surface area contributed by atoms with Crippen LogP contribution in [-0.2, 0) is 4.79 Å². The van der Waals surface area contributed by atoms with E-state index in [1.165, 1.54) is 35.2 Å². The maximum absolute atomic E-state index is 12.4. The van der Waals surface area contributed by atoms with Gasteiger partial charge in [0.25, 0.3) is 5.69 Å². The molecule has 2 aromatic heterocycles. The van der Waals surface area contributed by atoms with Crippen LogP contribution in [0.15, 0.2) is 65.3 Å². The summed E-state index contributed by atoms with van der Waals surface area (Å²) >= 11 is 8.81. The van der Waals surface area contributed by atoms with Gasteiger partial charge in [0.15, 0.2) is 10.3 Å². The molecule has 0 fully saturated rings. The van der Waals surface area contributed by atoms with Crippen LogP contribution in [0, 0.1) is 17.0 Å². The molecule has 0 aliphatic carbocycles. The number of non-ortho nitro benzene ring substituents is 1. The number of nitrogens with one attached hydrogen (secondary N) is 1. The van der Waals surface area contributed by atoms with Crippen molar-refractivity contribution in [3.8, 4) is 16.9 Å². The van der Waals surface area contributed by atoms with Crippen molar-refractivity contribution < 1.29 is 9.72 Å². The molecular formula is C21H16ClN5O3S2. The highest BCUT2D eigenvalue weighted by Gasteiger charge is 2.18. The first-order chi connectivity index (χ1) is 15.4. The van der Waals surface area contributed by atoms with Crippen molar-refractivity contribution in [3.05, 3.63) is 80.9 Å². The molecule has 0 aliphatic heterocycles. The predicted molar refractivity (Wildman–Crippen MR) is 127 cm³/mol. The highest BCUT2D eigenvalue weighted by molar-refractivity contribution is 7.99. The van der Waals surface area contributed by atoms with Gasteiger partial charge in [0, 0.05) is 33.8 Å². The molecule has 0 saturated heterocycles. The highest BCUT2D eigenvalue weighted by atomic mass is 35.5. The molecule has 8 nitrogen and oxygen atoms in total. The van der Waals surface area contributed by atoms with Gasteiger partial charge >= 0.3 is 0 Å². The lowest BCUT2D eigenvalue weighted by atomic mass is 10.1. The molecule has 162 valence electrons. The number of thioether (sulfide) groups is 1. The number of carbonyl (C=O) groups is 1. The highest BCUT2D eigenvalue weighted by Crippen LogP contribution is 2.32. The summed E-state index contributed by atoms with van der Waals surface area (Å²) < 4.78 is 1.83. The number of hydrogen-bond donors (Lipinski definition) is 1.